The number of hydrogen-bond donors (Lipinski definition) is 0. The number of morpholine rings is 1. The Kier molecular flexibility index (Phi) is 4.22. The highest BCUT2D eigenvalue weighted by Crippen LogP contribution is 2.24. The number of carbonyl (C=O) groups is 1. The second-order valence-corrected chi connectivity index (χ2v) is 5.67. The fraction of sp³-hybridized carbons (Fsp3) is 0.312. The SMILES string of the molecule is O=C(c1ccc(F)c2ccccc12)N1CCOCC1CBr. The average Bonchev–Trinajstić information content (AvgIpc) is 2.55. The topological polar surface area (TPSA) is 29.5 Å². The third-order valence-corrected chi connectivity index (χ3v) is 4.52. The molecule has 1 saturated heterocycles. The van der Waals surface area contributed by atoms with Crippen molar-refractivity contribution < 1.29 is 13.9 Å². The van der Waals surface area contributed by atoms with Crippen LogP contribution >= 0.6 is 15.9 Å². The summed E-state index contributed by atoms with van der Waals surface area (Å²) in [7, 11) is 0. The Bertz CT molecular complexity index is 676. The van der Waals surface area contributed by atoms with Crippen LogP contribution in [0.4, 0.5) is 4.39 Å². The summed E-state index contributed by atoms with van der Waals surface area (Å²) >= 11 is 3.42. The van der Waals surface area contributed by atoms with Gasteiger partial charge in [-0.2, -0.15) is 0 Å². The van der Waals surface area contributed by atoms with E-state index in [9.17, 15) is 9.18 Å². The van der Waals surface area contributed by atoms with Crippen molar-refractivity contribution in [3.63, 3.8) is 0 Å². The van der Waals surface area contributed by atoms with Gasteiger partial charge < -0.3 is 9.64 Å². The Hall–Kier alpha value is -1.46. The van der Waals surface area contributed by atoms with E-state index in [1.165, 1.54) is 6.07 Å². The Morgan fingerprint density at radius 3 is 2.81 bits per heavy atom. The van der Waals surface area contributed by atoms with Crippen molar-refractivity contribution >= 4 is 32.6 Å². The summed E-state index contributed by atoms with van der Waals surface area (Å²) in [6.07, 6.45) is 0. The van der Waals surface area contributed by atoms with Crippen molar-refractivity contribution in [1.29, 1.82) is 0 Å². The van der Waals surface area contributed by atoms with Crippen LogP contribution in [0, 0.1) is 5.82 Å². The first kappa shape index (κ1) is 14.5. The second kappa shape index (κ2) is 6.12. The minimum absolute atomic E-state index is 0.00932. The predicted molar refractivity (Wildman–Crippen MR) is 83.3 cm³/mol. The number of halogens is 2. The molecule has 3 nitrogen and oxygen atoms in total. The van der Waals surface area contributed by atoms with Crippen molar-refractivity contribution in [3.8, 4) is 0 Å². The molecule has 1 aliphatic rings. The summed E-state index contributed by atoms with van der Waals surface area (Å²) < 4.78 is 19.3. The Balaban J connectivity index is 2.03. The van der Waals surface area contributed by atoms with Gasteiger partial charge in [0, 0.05) is 22.8 Å². The summed E-state index contributed by atoms with van der Waals surface area (Å²) in [5.41, 5.74) is 0.542. The molecule has 2 aromatic rings. The van der Waals surface area contributed by atoms with Crippen LogP contribution in [0.5, 0.6) is 0 Å². The maximum absolute atomic E-state index is 13.9. The van der Waals surface area contributed by atoms with Gasteiger partial charge in [-0.1, -0.05) is 40.2 Å². The lowest BCUT2D eigenvalue weighted by atomic mass is 10.0. The van der Waals surface area contributed by atoms with Crippen molar-refractivity contribution in [3.05, 3.63) is 47.8 Å². The van der Waals surface area contributed by atoms with Crippen molar-refractivity contribution in [1.82, 2.24) is 4.90 Å². The molecule has 3 rings (SSSR count). The van der Waals surface area contributed by atoms with Crippen LogP contribution in [0.15, 0.2) is 36.4 Å². The Morgan fingerprint density at radius 1 is 1.29 bits per heavy atom. The fourth-order valence-electron chi connectivity index (χ4n) is 2.65. The first-order valence-corrected chi connectivity index (χ1v) is 7.96. The van der Waals surface area contributed by atoms with Crippen molar-refractivity contribution in [2.75, 3.05) is 25.1 Å². The van der Waals surface area contributed by atoms with Crippen LogP contribution < -0.4 is 0 Å². The molecule has 0 bridgehead atoms. The molecule has 1 unspecified atom stereocenters. The molecule has 0 radical (unpaired) electrons. The number of hydrogen-bond acceptors (Lipinski definition) is 2. The first-order valence-electron chi connectivity index (χ1n) is 6.84. The Labute approximate surface area is 130 Å². The number of amides is 1. The normalized spacial score (nSPS) is 19.0. The van der Waals surface area contributed by atoms with Gasteiger partial charge in [0.05, 0.1) is 19.3 Å². The number of carbonyl (C=O) groups excluding carboxylic acids is 1. The molecule has 1 fully saturated rings. The first-order chi connectivity index (χ1) is 10.2. The molecular formula is C16H15BrFNO2. The lowest BCUT2D eigenvalue weighted by Crippen LogP contribution is -2.49. The number of nitrogens with zero attached hydrogens (tertiary/aromatic N) is 1. The molecule has 1 atom stereocenters. The van der Waals surface area contributed by atoms with Gasteiger partial charge in [-0.15, -0.1) is 0 Å². The fourth-order valence-corrected chi connectivity index (χ4v) is 3.19. The van der Waals surface area contributed by atoms with E-state index in [4.69, 9.17) is 4.74 Å². The minimum Gasteiger partial charge on any atom is -0.377 e. The van der Waals surface area contributed by atoms with Crippen LogP contribution in [-0.2, 0) is 4.74 Å². The molecule has 5 heteroatoms. The number of rotatable bonds is 2. The molecule has 2 aromatic carbocycles. The monoisotopic (exact) mass is 351 g/mol. The second-order valence-electron chi connectivity index (χ2n) is 5.02. The molecule has 0 aliphatic carbocycles. The van der Waals surface area contributed by atoms with Gasteiger partial charge >= 0.3 is 0 Å². The van der Waals surface area contributed by atoms with Gasteiger partial charge in [0.1, 0.15) is 5.82 Å². The molecule has 0 saturated carbocycles. The van der Waals surface area contributed by atoms with E-state index in [0.29, 0.717) is 41.4 Å². The summed E-state index contributed by atoms with van der Waals surface area (Å²) in [5, 5.41) is 1.80. The van der Waals surface area contributed by atoms with Crippen molar-refractivity contribution in [2.24, 2.45) is 0 Å². The van der Waals surface area contributed by atoms with Crippen molar-refractivity contribution in [2.45, 2.75) is 6.04 Å². The van der Waals surface area contributed by atoms with E-state index in [0.717, 1.165) is 0 Å². The van der Waals surface area contributed by atoms with Crippen LogP contribution in [0.2, 0.25) is 0 Å². The minimum atomic E-state index is -0.304. The Morgan fingerprint density at radius 2 is 2.05 bits per heavy atom. The third kappa shape index (κ3) is 2.68. The zero-order chi connectivity index (χ0) is 14.8. The highest BCUT2D eigenvalue weighted by molar-refractivity contribution is 9.09. The maximum atomic E-state index is 13.9. The molecule has 0 N–H and O–H groups in total. The molecule has 1 amide bonds. The quantitative estimate of drug-likeness (QED) is 0.777. The van der Waals surface area contributed by atoms with Gasteiger partial charge in [-0.05, 0) is 17.5 Å². The van der Waals surface area contributed by atoms with E-state index < -0.39 is 0 Å². The smallest absolute Gasteiger partial charge is 0.254 e. The molecule has 21 heavy (non-hydrogen) atoms. The lowest BCUT2D eigenvalue weighted by Gasteiger charge is -2.34. The van der Waals surface area contributed by atoms with Crippen LogP contribution in [0.3, 0.4) is 0 Å². The highest BCUT2D eigenvalue weighted by Gasteiger charge is 2.28. The third-order valence-electron chi connectivity index (χ3n) is 3.77. The van der Waals surface area contributed by atoms with Crippen LogP contribution in [0.1, 0.15) is 10.4 Å². The van der Waals surface area contributed by atoms with Crippen LogP contribution in [-0.4, -0.2) is 41.9 Å². The summed E-state index contributed by atoms with van der Waals surface area (Å²) in [5.74, 6) is -0.375. The predicted octanol–water partition coefficient (Wildman–Crippen LogP) is 3.21. The molecule has 1 heterocycles. The number of alkyl halides is 1. The summed E-state index contributed by atoms with van der Waals surface area (Å²) in [4.78, 5) is 14.6. The van der Waals surface area contributed by atoms with Gasteiger partial charge in [-0.3, -0.25) is 4.79 Å². The van der Waals surface area contributed by atoms with E-state index in [2.05, 4.69) is 15.9 Å². The summed E-state index contributed by atoms with van der Waals surface area (Å²) in [6.45, 7) is 1.62. The van der Waals surface area contributed by atoms with Gasteiger partial charge in [0.2, 0.25) is 0 Å². The summed E-state index contributed by atoms with van der Waals surface area (Å²) in [6, 6.07) is 10.0. The van der Waals surface area contributed by atoms with Crippen LogP contribution in [0.25, 0.3) is 10.8 Å². The maximum Gasteiger partial charge on any atom is 0.254 e. The zero-order valence-electron chi connectivity index (χ0n) is 11.4. The van der Waals surface area contributed by atoms with E-state index in [-0.39, 0.29) is 17.8 Å². The van der Waals surface area contributed by atoms with E-state index in [1.54, 1.807) is 29.2 Å². The average molecular weight is 352 g/mol. The number of benzene rings is 2. The highest BCUT2D eigenvalue weighted by atomic mass is 79.9. The van der Waals surface area contributed by atoms with E-state index in [1.807, 2.05) is 6.07 Å². The van der Waals surface area contributed by atoms with Gasteiger partial charge in [0.25, 0.3) is 5.91 Å². The number of ether oxygens (including phenoxy) is 1. The lowest BCUT2D eigenvalue weighted by molar-refractivity contribution is 0.00536. The molecule has 110 valence electrons. The van der Waals surface area contributed by atoms with Gasteiger partial charge in [0.15, 0.2) is 0 Å². The molecule has 1 aliphatic heterocycles. The largest absolute Gasteiger partial charge is 0.377 e. The standard InChI is InChI=1S/C16H15BrFNO2/c17-9-11-10-21-8-7-19(11)16(20)14-5-6-15(18)13-4-2-1-3-12(13)14/h1-6,11H,7-10H2. The number of fused-ring (bicyclic) bond motifs is 1. The zero-order valence-corrected chi connectivity index (χ0v) is 13.0. The van der Waals surface area contributed by atoms with E-state index >= 15 is 0 Å². The molecule has 0 aromatic heterocycles. The van der Waals surface area contributed by atoms with Gasteiger partial charge in [-0.25, -0.2) is 4.39 Å². The molecular weight excluding hydrogens is 337 g/mol. The molecule has 0 spiro atoms.